The molecule has 0 radical (unpaired) electrons. The number of urea groups is 1. The van der Waals surface area contributed by atoms with Crippen molar-refractivity contribution in [3.8, 4) is 22.6 Å². The lowest BCUT2D eigenvalue weighted by Crippen LogP contribution is -2.43. The van der Waals surface area contributed by atoms with Crippen LogP contribution < -0.4 is 25.0 Å². The van der Waals surface area contributed by atoms with Gasteiger partial charge in [-0.2, -0.15) is 4.98 Å². The number of benzene rings is 1. The Bertz CT molecular complexity index is 1480. The van der Waals surface area contributed by atoms with Crippen LogP contribution in [0.25, 0.3) is 22.2 Å². The van der Waals surface area contributed by atoms with Gasteiger partial charge in [0, 0.05) is 40.9 Å². The zero-order chi connectivity index (χ0) is 32.6. The molecule has 3 rings (SSSR count). The molecular weight excluding hydrogens is 605 g/mol. The molecule has 238 valence electrons. The number of hydrogen-bond donors (Lipinski definition) is 2. The Morgan fingerprint density at radius 2 is 1.61 bits per heavy atom. The topological polar surface area (TPSA) is 122 Å². The number of rotatable bonds is 13. The van der Waals surface area contributed by atoms with Crippen LogP contribution in [0.5, 0.6) is 11.5 Å². The molecule has 0 aliphatic heterocycles. The summed E-state index contributed by atoms with van der Waals surface area (Å²) in [6.07, 6.45) is 4.45. The molecule has 1 aromatic carbocycles. The summed E-state index contributed by atoms with van der Waals surface area (Å²) in [7, 11) is 2.95. The molecule has 0 unspecified atom stereocenters. The lowest BCUT2D eigenvalue weighted by atomic mass is 10.0. The summed E-state index contributed by atoms with van der Waals surface area (Å²) in [4.78, 5) is 43.5. The third-order valence-corrected chi connectivity index (χ3v) is 7.55. The first kappa shape index (κ1) is 34.8. The van der Waals surface area contributed by atoms with E-state index in [1.54, 1.807) is 18.3 Å². The van der Waals surface area contributed by atoms with Crippen LogP contribution >= 0.6 is 23.2 Å². The van der Waals surface area contributed by atoms with Gasteiger partial charge in [0.1, 0.15) is 17.3 Å². The van der Waals surface area contributed by atoms with Crippen molar-refractivity contribution in [2.24, 2.45) is 0 Å². The van der Waals surface area contributed by atoms with Gasteiger partial charge in [-0.15, -0.1) is 0 Å². The highest BCUT2D eigenvalue weighted by molar-refractivity contribution is 6.41. The quantitative estimate of drug-likeness (QED) is 0.158. The van der Waals surface area contributed by atoms with Gasteiger partial charge in [0.25, 0.3) is 5.91 Å². The van der Waals surface area contributed by atoms with Gasteiger partial charge in [0.05, 0.1) is 24.3 Å². The van der Waals surface area contributed by atoms with Crippen LogP contribution in [0.1, 0.15) is 47.5 Å². The van der Waals surface area contributed by atoms with Crippen LogP contribution in [0.15, 0.2) is 31.0 Å². The number of fused-ring (bicyclic) bond motifs is 1. The fourth-order valence-electron chi connectivity index (χ4n) is 4.54. The first-order chi connectivity index (χ1) is 20.9. The Balaban J connectivity index is 2.14. The third kappa shape index (κ3) is 8.49. The van der Waals surface area contributed by atoms with Crippen molar-refractivity contribution in [3.63, 3.8) is 0 Å². The van der Waals surface area contributed by atoms with E-state index >= 15 is 0 Å². The molecule has 3 aromatic rings. The minimum Gasteiger partial charge on any atom is -0.495 e. The number of carbonyl (C=O) groups excluding carboxylic acids is 2. The summed E-state index contributed by atoms with van der Waals surface area (Å²) in [6.45, 7) is 16.7. The van der Waals surface area contributed by atoms with Crippen LogP contribution in [-0.4, -0.2) is 77.7 Å². The van der Waals surface area contributed by atoms with E-state index in [-0.39, 0.29) is 33.4 Å². The number of hydrogen-bond acceptors (Lipinski definition) is 8. The van der Waals surface area contributed by atoms with Gasteiger partial charge in [-0.05, 0) is 65.4 Å². The molecule has 13 heteroatoms. The smallest absolute Gasteiger partial charge is 0.320 e. The van der Waals surface area contributed by atoms with E-state index in [1.165, 1.54) is 25.2 Å². The van der Waals surface area contributed by atoms with Crippen LogP contribution in [0.3, 0.4) is 0 Å². The van der Waals surface area contributed by atoms with Gasteiger partial charge < -0.3 is 19.7 Å². The third-order valence-electron chi connectivity index (χ3n) is 6.80. The summed E-state index contributed by atoms with van der Waals surface area (Å²) in [5, 5.41) is 6.59. The minimum atomic E-state index is -0.526. The van der Waals surface area contributed by atoms with Crippen LogP contribution in [0, 0.1) is 0 Å². The number of unbranched alkanes of at least 4 members (excludes halogenated alkanes) is 1. The predicted octanol–water partition coefficient (Wildman–Crippen LogP) is 6.58. The number of halogens is 2. The lowest BCUT2D eigenvalue weighted by Gasteiger charge is -2.23. The molecule has 0 saturated carbocycles. The monoisotopic (exact) mass is 645 g/mol. The normalized spacial score (nSPS) is 11.4. The van der Waals surface area contributed by atoms with Crippen molar-refractivity contribution in [3.05, 3.63) is 41.0 Å². The van der Waals surface area contributed by atoms with Gasteiger partial charge in [-0.25, -0.2) is 14.8 Å². The second-order valence-electron chi connectivity index (χ2n) is 11.0. The zero-order valence-electron chi connectivity index (χ0n) is 26.4. The second-order valence-corrected chi connectivity index (χ2v) is 11.8. The van der Waals surface area contributed by atoms with E-state index in [2.05, 4.69) is 45.9 Å². The summed E-state index contributed by atoms with van der Waals surface area (Å²) in [5.41, 5.74) is 0.449. The molecule has 0 aliphatic carbocycles. The average Bonchev–Trinajstić information content (AvgIpc) is 2.98. The number of nitrogens with zero attached hydrogens (tertiary/aromatic N) is 5. The molecule has 0 atom stereocenters. The number of anilines is 2. The van der Waals surface area contributed by atoms with Crippen LogP contribution in [0.4, 0.5) is 16.6 Å². The highest BCUT2D eigenvalue weighted by Crippen LogP contribution is 2.48. The molecule has 2 N–H and O–H groups in total. The van der Waals surface area contributed by atoms with Crippen LogP contribution in [0.2, 0.25) is 10.0 Å². The van der Waals surface area contributed by atoms with E-state index in [9.17, 15) is 9.59 Å². The molecular formula is C31H41Cl2N7O4. The number of aromatic nitrogens is 3. The maximum atomic E-state index is 13.0. The van der Waals surface area contributed by atoms with E-state index in [0.717, 1.165) is 32.5 Å². The summed E-state index contributed by atoms with van der Waals surface area (Å²) < 4.78 is 10.9. The molecule has 11 nitrogen and oxygen atoms in total. The van der Waals surface area contributed by atoms with E-state index in [0.29, 0.717) is 34.6 Å². The highest BCUT2D eigenvalue weighted by atomic mass is 35.5. The first-order valence-corrected chi connectivity index (χ1v) is 15.2. The van der Waals surface area contributed by atoms with Gasteiger partial charge in [0.2, 0.25) is 5.95 Å². The number of carbonyl (C=O) groups is 2. The molecule has 0 bridgehead atoms. The standard InChI is InChI=1S/C31H41Cl2N7O4/c1-9-23(41)40(15-13-12-14-39(10-2)11-3)29-34-18-19-16-20(24-25(32)21(43-7)17-22(44-8)26(24)33)28(35-27(19)36-29)37-30(42)38-31(4,5)6/h9,16-18H,1,10-15H2,2-8H3,(H2,34,35,36,37,38,42). The van der Waals surface area contributed by atoms with Crippen molar-refractivity contribution in [2.75, 3.05) is 50.6 Å². The van der Waals surface area contributed by atoms with Gasteiger partial charge in [-0.1, -0.05) is 43.6 Å². The van der Waals surface area contributed by atoms with Crippen LogP contribution in [-0.2, 0) is 4.79 Å². The Hall–Kier alpha value is -3.67. The molecule has 2 heterocycles. The molecule has 0 spiro atoms. The molecule has 0 fully saturated rings. The van der Waals surface area contributed by atoms with Gasteiger partial charge in [0.15, 0.2) is 5.65 Å². The Morgan fingerprint density at radius 1 is 1.00 bits per heavy atom. The van der Waals surface area contributed by atoms with E-state index in [4.69, 9.17) is 37.7 Å². The maximum Gasteiger partial charge on any atom is 0.320 e. The second kappa shape index (κ2) is 15.4. The Kier molecular flexibility index (Phi) is 12.2. The predicted molar refractivity (Wildman–Crippen MR) is 177 cm³/mol. The van der Waals surface area contributed by atoms with Crippen molar-refractivity contribution in [1.29, 1.82) is 0 Å². The van der Waals surface area contributed by atoms with E-state index in [1.807, 2.05) is 20.8 Å². The maximum absolute atomic E-state index is 13.0. The zero-order valence-corrected chi connectivity index (χ0v) is 27.9. The lowest BCUT2D eigenvalue weighted by molar-refractivity contribution is -0.114. The molecule has 2 aromatic heterocycles. The number of pyridine rings is 1. The average molecular weight is 647 g/mol. The number of amides is 3. The summed E-state index contributed by atoms with van der Waals surface area (Å²) >= 11 is 13.5. The largest absolute Gasteiger partial charge is 0.495 e. The fourth-order valence-corrected chi connectivity index (χ4v) is 5.24. The molecule has 3 amide bonds. The summed E-state index contributed by atoms with van der Waals surface area (Å²) in [6, 6.07) is 2.79. The van der Waals surface area contributed by atoms with Crippen molar-refractivity contribution in [2.45, 2.75) is 53.0 Å². The number of nitrogens with one attached hydrogen (secondary N) is 2. The Morgan fingerprint density at radius 3 is 2.16 bits per heavy atom. The van der Waals surface area contributed by atoms with E-state index < -0.39 is 11.6 Å². The van der Waals surface area contributed by atoms with Gasteiger partial charge >= 0.3 is 6.03 Å². The molecule has 0 saturated heterocycles. The summed E-state index contributed by atoms with van der Waals surface area (Å²) in [5.74, 6) is 0.617. The molecule has 0 aliphatic rings. The molecule has 44 heavy (non-hydrogen) atoms. The first-order valence-electron chi connectivity index (χ1n) is 14.4. The van der Waals surface area contributed by atoms with Crippen molar-refractivity contribution in [1.82, 2.24) is 25.2 Å². The SMILES string of the molecule is C=CC(=O)N(CCCCN(CC)CC)c1ncc2cc(-c3c(Cl)c(OC)cc(OC)c3Cl)c(NC(=O)NC(C)(C)C)nc2n1. The number of methoxy groups -OCH3 is 2. The minimum absolute atomic E-state index is 0.129. The van der Waals surface area contributed by atoms with Gasteiger partial charge in [-0.3, -0.25) is 15.0 Å². The highest BCUT2D eigenvalue weighted by Gasteiger charge is 2.25. The van der Waals surface area contributed by atoms with Crippen molar-refractivity contribution < 1.29 is 19.1 Å². The fraction of sp³-hybridized carbons (Fsp3) is 0.452. The van der Waals surface area contributed by atoms with Crippen molar-refractivity contribution >= 4 is 57.9 Å². The Labute approximate surface area is 268 Å². The number of ether oxygens (including phenoxy) is 2.